The minimum Gasteiger partial charge on any atom is -0.366 e. The number of nitrogens with two attached hydrogens (primary N) is 1. The normalized spacial score (nSPS) is 12.9. The number of anilines is 1. The second kappa shape index (κ2) is 6.67. The Labute approximate surface area is 141 Å². The van der Waals surface area contributed by atoms with Crippen LogP contribution < -0.4 is 11.1 Å². The van der Waals surface area contributed by atoms with Crippen LogP contribution in [0.25, 0.3) is 0 Å². The van der Waals surface area contributed by atoms with Gasteiger partial charge in [-0.2, -0.15) is 0 Å². The Morgan fingerprint density at radius 2 is 2.13 bits per heavy atom. The molecule has 1 unspecified atom stereocenters. The predicted octanol–water partition coefficient (Wildman–Crippen LogP) is 1.71. The van der Waals surface area contributed by atoms with Gasteiger partial charge in [0.1, 0.15) is 5.00 Å². The number of thioether (sulfide) groups is 1. The van der Waals surface area contributed by atoms with Gasteiger partial charge in [0.15, 0.2) is 0 Å². The first kappa shape index (κ1) is 17.4. The molecule has 0 aromatic carbocycles. The monoisotopic (exact) mass is 354 g/mol. The minimum absolute atomic E-state index is 0.247. The van der Waals surface area contributed by atoms with Gasteiger partial charge in [0.25, 0.3) is 5.91 Å². The number of carbonyl (C=O) groups is 2. The lowest BCUT2D eigenvalue weighted by Gasteiger charge is -2.20. The van der Waals surface area contributed by atoms with Crippen molar-refractivity contribution in [2.24, 2.45) is 5.73 Å². The fraction of sp³-hybridized carbons (Fsp3) is 0.462. The first-order chi connectivity index (χ1) is 10.7. The standard InChI is InChI=1S/C13H18N6O2S2/c1-7(23-12-16-17-18-19(12)13(2,3)4)10(21)15-11-8(9(14)20)5-6-22-11/h5-7H,1-4H3,(H2,14,20)(H,15,21). The molecule has 0 aliphatic heterocycles. The molecule has 0 saturated carbocycles. The lowest BCUT2D eigenvalue weighted by Crippen LogP contribution is -2.27. The number of hydrogen-bond donors (Lipinski definition) is 2. The molecule has 23 heavy (non-hydrogen) atoms. The van der Waals surface area contributed by atoms with Gasteiger partial charge >= 0.3 is 0 Å². The quantitative estimate of drug-likeness (QED) is 0.790. The smallest absolute Gasteiger partial charge is 0.251 e. The average molecular weight is 354 g/mol. The van der Waals surface area contributed by atoms with E-state index in [2.05, 4.69) is 20.8 Å². The van der Waals surface area contributed by atoms with E-state index >= 15 is 0 Å². The summed E-state index contributed by atoms with van der Waals surface area (Å²) in [6.45, 7) is 7.67. The number of aromatic nitrogens is 4. The SMILES string of the molecule is CC(Sc1nnnn1C(C)(C)C)C(=O)Nc1sccc1C(N)=O. The van der Waals surface area contributed by atoms with Crippen molar-refractivity contribution in [1.82, 2.24) is 20.2 Å². The lowest BCUT2D eigenvalue weighted by molar-refractivity contribution is -0.115. The van der Waals surface area contributed by atoms with Crippen LogP contribution in [0.5, 0.6) is 0 Å². The Morgan fingerprint density at radius 3 is 2.74 bits per heavy atom. The Kier molecular flexibility index (Phi) is 5.05. The first-order valence-corrected chi connectivity index (χ1v) is 8.59. The summed E-state index contributed by atoms with van der Waals surface area (Å²) < 4.78 is 1.67. The third kappa shape index (κ3) is 4.08. The molecule has 0 saturated heterocycles. The molecule has 3 N–H and O–H groups in total. The number of nitrogens with zero attached hydrogens (tertiary/aromatic N) is 4. The van der Waals surface area contributed by atoms with E-state index in [0.717, 1.165) is 0 Å². The molecule has 0 aliphatic carbocycles. The van der Waals surface area contributed by atoms with E-state index in [9.17, 15) is 9.59 Å². The van der Waals surface area contributed by atoms with E-state index in [1.165, 1.54) is 23.1 Å². The molecule has 2 aromatic heterocycles. The molecule has 2 amide bonds. The van der Waals surface area contributed by atoms with E-state index in [1.54, 1.807) is 23.1 Å². The molecule has 2 aromatic rings. The zero-order valence-electron chi connectivity index (χ0n) is 13.2. The highest BCUT2D eigenvalue weighted by molar-refractivity contribution is 8.00. The van der Waals surface area contributed by atoms with Crippen molar-refractivity contribution in [1.29, 1.82) is 0 Å². The second-order valence-corrected chi connectivity index (χ2v) is 8.05. The number of rotatable bonds is 5. The maximum absolute atomic E-state index is 12.3. The molecule has 1 atom stereocenters. The van der Waals surface area contributed by atoms with Gasteiger partial charge in [-0.3, -0.25) is 9.59 Å². The number of nitrogens with one attached hydrogen (secondary N) is 1. The largest absolute Gasteiger partial charge is 0.366 e. The third-order valence-corrected chi connectivity index (χ3v) is 4.76. The molecule has 0 radical (unpaired) electrons. The van der Waals surface area contributed by atoms with Crippen LogP contribution in [0.4, 0.5) is 5.00 Å². The number of tetrazole rings is 1. The summed E-state index contributed by atoms with van der Waals surface area (Å²) in [6, 6.07) is 1.58. The molecule has 0 aliphatic rings. The maximum atomic E-state index is 12.3. The first-order valence-electron chi connectivity index (χ1n) is 6.84. The van der Waals surface area contributed by atoms with Gasteiger partial charge in [-0.05, 0) is 49.6 Å². The highest BCUT2D eigenvalue weighted by Crippen LogP contribution is 2.27. The van der Waals surface area contributed by atoms with Crippen LogP contribution >= 0.6 is 23.1 Å². The van der Waals surface area contributed by atoms with Gasteiger partial charge in [-0.15, -0.1) is 16.4 Å². The highest BCUT2D eigenvalue weighted by atomic mass is 32.2. The van der Waals surface area contributed by atoms with Crippen molar-refractivity contribution in [2.45, 2.75) is 43.6 Å². The van der Waals surface area contributed by atoms with E-state index in [4.69, 9.17) is 5.73 Å². The zero-order chi connectivity index (χ0) is 17.2. The summed E-state index contributed by atoms with van der Waals surface area (Å²) in [5.74, 6) is -0.818. The Hall–Kier alpha value is -1.94. The zero-order valence-corrected chi connectivity index (χ0v) is 14.9. The van der Waals surface area contributed by atoms with Gasteiger partial charge < -0.3 is 11.1 Å². The molecule has 0 fully saturated rings. The number of hydrogen-bond acceptors (Lipinski definition) is 7. The van der Waals surface area contributed by atoms with Gasteiger partial charge in [0.05, 0.1) is 16.4 Å². The molecule has 0 spiro atoms. The molecular weight excluding hydrogens is 336 g/mol. The Balaban J connectivity index is 2.08. The molecule has 124 valence electrons. The maximum Gasteiger partial charge on any atom is 0.251 e. The van der Waals surface area contributed by atoms with Crippen molar-refractivity contribution in [3.05, 3.63) is 17.0 Å². The van der Waals surface area contributed by atoms with Crippen LogP contribution in [0.1, 0.15) is 38.1 Å². The average Bonchev–Trinajstić information content (AvgIpc) is 3.06. The van der Waals surface area contributed by atoms with Crippen molar-refractivity contribution in [3.8, 4) is 0 Å². The van der Waals surface area contributed by atoms with E-state index in [-0.39, 0.29) is 11.4 Å². The van der Waals surface area contributed by atoms with Gasteiger partial charge in [0.2, 0.25) is 11.1 Å². The summed E-state index contributed by atoms with van der Waals surface area (Å²) >= 11 is 2.50. The molecule has 2 heterocycles. The number of carbonyl (C=O) groups excluding carboxylic acids is 2. The van der Waals surface area contributed by atoms with Crippen LogP contribution in [-0.4, -0.2) is 37.3 Å². The molecular formula is C13H18N6O2S2. The van der Waals surface area contributed by atoms with Crippen molar-refractivity contribution in [3.63, 3.8) is 0 Å². The number of thiophene rings is 1. The topological polar surface area (TPSA) is 116 Å². The summed E-state index contributed by atoms with van der Waals surface area (Å²) in [7, 11) is 0. The number of amides is 2. The summed E-state index contributed by atoms with van der Waals surface area (Å²) in [6.07, 6.45) is 0. The Bertz CT molecular complexity index is 718. The molecule has 2 rings (SSSR count). The highest BCUT2D eigenvalue weighted by Gasteiger charge is 2.25. The van der Waals surface area contributed by atoms with Crippen molar-refractivity contribution >= 4 is 39.9 Å². The predicted molar refractivity (Wildman–Crippen MR) is 89.6 cm³/mol. The summed E-state index contributed by atoms with van der Waals surface area (Å²) in [5.41, 5.74) is 5.29. The second-order valence-electron chi connectivity index (χ2n) is 5.82. The third-order valence-electron chi connectivity index (χ3n) is 2.90. The van der Waals surface area contributed by atoms with Crippen molar-refractivity contribution in [2.75, 3.05) is 5.32 Å². The molecule has 0 bridgehead atoms. The van der Waals surface area contributed by atoms with Gasteiger partial charge in [-0.1, -0.05) is 11.8 Å². The fourth-order valence-electron chi connectivity index (χ4n) is 1.70. The van der Waals surface area contributed by atoms with Crippen LogP contribution in [0.2, 0.25) is 0 Å². The van der Waals surface area contributed by atoms with Crippen LogP contribution in [-0.2, 0) is 10.3 Å². The van der Waals surface area contributed by atoms with Crippen LogP contribution in [0, 0.1) is 0 Å². The minimum atomic E-state index is -0.571. The Morgan fingerprint density at radius 1 is 1.43 bits per heavy atom. The molecule has 10 heteroatoms. The van der Waals surface area contributed by atoms with Gasteiger partial charge in [0, 0.05) is 0 Å². The van der Waals surface area contributed by atoms with Crippen molar-refractivity contribution < 1.29 is 9.59 Å². The molecule has 8 nitrogen and oxygen atoms in total. The van der Waals surface area contributed by atoms with E-state index < -0.39 is 11.2 Å². The lowest BCUT2D eigenvalue weighted by atomic mass is 10.1. The summed E-state index contributed by atoms with van der Waals surface area (Å²) in [4.78, 5) is 23.6. The van der Waals surface area contributed by atoms with Crippen LogP contribution in [0.3, 0.4) is 0 Å². The number of primary amides is 1. The van der Waals surface area contributed by atoms with Gasteiger partial charge in [-0.25, -0.2) is 4.68 Å². The summed E-state index contributed by atoms with van der Waals surface area (Å²) in [5, 5.41) is 16.6. The van der Waals surface area contributed by atoms with Crippen LogP contribution in [0.15, 0.2) is 16.6 Å². The van der Waals surface area contributed by atoms with E-state index in [0.29, 0.717) is 15.7 Å². The van der Waals surface area contributed by atoms with E-state index in [1.807, 2.05) is 20.8 Å². The fourth-order valence-corrected chi connectivity index (χ4v) is 3.47.